The van der Waals surface area contributed by atoms with Crippen molar-refractivity contribution in [3.8, 4) is 0 Å². The number of hydrogen-bond acceptors (Lipinski definition) is 2. The van der Waals surface area contributed by atoms with E-state index in [0.29, 0.717) is 12.0 Å². The first kappa shape index (κ1) is 12.4. The van der Waals surface area contributed by atoms with Crippen LogP contribution in [-0.4, -0.2) is 23.9 Å². The molecule has 2 rings (SSSR count). The molecule has 0 spiro atoms. The fourth-order valence-corrected chi connectivity index (χ4v) is 3.29. The standard InChI is InChI=1S/C14H26O2/c1-11-4-2-5-12(10-11)14(15)8-7-13-6-3-9-16-13/h11-15H,2-10H2,1H3. The minimum atomic E-state index is -0.0769. The van der Waals surface area contributed by atoms with Crippen molar-refractivity contribution in [1.82, 2.24) is 0 Å². The molecule has 2 aliphatic rings. The molecular formula is C14H26O2. The summed E-state index contributed by atoms with van der Waals surface area (Å²) in [6, 6.07) is 0. The van der Waals surface area contributed by atoms with Gasteiger partial charge in [-0.15, -0.1) is 0 Å². The van der Waals surface area contributed by atoms with Crippen molar-refractivity contribution in [1.29, 1.82) is 0 Å². The van der Waals surface area contributed by atoms with E-state index in [0.717, 1.165) is 25.4 Å². The molecule has 2 fully saturated rings. The normalized spacial score (nSPS) is 37.5. The SMILES string of the molecule is CC1CCCC(C(O)CCC2CCCO2)C1. The molecule has 1 aliphatic heterocycles. The highest BCUT2D eigenvalue weighted by atomic mass is 16.5. The van der Waals surface area contributed by atoms with Gasteiger partial charge in [0.2, 0.25) is 0 Å². The predicted molar refractivity (Wildman–Crippen MR) is 65.3 cm³/mol. The Kier molecular flexibility index (Phi) is 4.66. The molecule has 0 aromatic heterocycles. The molecule has 0 amide bonds. The molecule has 1 heterocycles. The van der Waals surface area contributed by atoms with Gasteiger partial charge in [0.15, 0.2) is 0 Å². The third-order valence-corrected chi connectivity index (χ3v) is 4.33. The Bertz CT molecular complexity index is 199. The number of rotatable bonds is 4. The summed E-state index contributed by atoms with van der Waals surface area (Å²) in [5, 5.41) is 10.2. The van der Waals surface area contributed by atoms with Crippen LogP contribution in [0.2, 0.25) is 0 Å². The lowest BCUT2D eigenvalue weighted by Gasteiger charge is -2.30. The van der Waals surface area contributed by atoms with Crippen molar-refractivity contribution in [3.05, 3.63) is 0 Å². The van der Waals surface area contributed by atoms with Gasteiger partial charge in [0.05, 0.1) is 12.2 Å². The third kappa shape index (κ3) is 3.46. The smallest absolute Gasteiger partial charge is 0.0577 e. The van der Waals surface area contributed by atoms with Gasteiger partial charge >= 0.3 is 0 Å². The van der Waals surface area contributed by atoms with Crippen LogP contribution in [0.3, 0.4) is 0 Å². The first-order chi connectivity index (χ1) is 7.75. The molecule has 2 nitrogen and oxygen atoms in total. The molecule has 0 bridgehead atoms. The van der Waals surface area contributed by atoms with Gasteiger partial charge in [-0.3, -0.25) is 0 Å². The molecule has 1 N–H and O–H groups in total. The highest BCUT2D eigenvalue weighted by Crippen LogP contribution is 2.32. The Morgan fingerprint density at radius 1 is 1.25 bits per heavy atom. The molecule has 0 aromatic rings. The third-order valence-electron chi connectivity index (χ3n) is 4.33. The van der Waals surface area contributed by atoms with Crippen molar-refractivity contribution in [3.63, 3.8) is 0 Å². The van der Waals surface area contributed by atoms with E-state index >= 15 is 0 Å². The van der Waals surface area contributed by atoms with Crippen LogP contribution in [0.15, 0.2) is 0 Å². The minimum absolute atomic E-state index is 0.0769. The fourth-order valence-electron chi connectivity index (χ4n) is 3.29. The van der Waals surface area contributed by atoms with Crippen molar-refractivity contribution < 1.29 is 9.84 Å². The average molecular weight is 226 g/mol. The predicted octanol–water partition coefficient (Wildman–Crippen LogP) is 3.13. The molecule has 1 saturated heterocycles. The van der Waals surface area contributed by atoms with Gasteiger partial charge < -0.3 is 9.84 Å². The topological polar surface area (TPSA) is 29.5 Å². The molecule has 0 radical (unpaired) electrons. The minimum Gasteiger partial charge on any atom is -0.393 e. The maximum absolute atomic E-state index is 10.2. The Hall–Kier alpha value is -0.0800. The zero-order chi connectivity index (χ0) is 11.4. The van der Waals surface area contributed by atoms with Crippen LogP contribution in [-0.2, 0) is 4.74 Å². The highest BCUT2D eigenvalue weighted by Gasteiger charge is 2.26. The summed E-state index contributed by atoms with van der Waals surface area (Å²) in [6.45, 7) is 3.25. The molecule has 4 atom stereocenters. The van der Waals surface area contributed by atoms with Crippen LogP contribution >= 0.6 is 0 Å². The van der Waals surface area contributed by atoms with Crippen LogP contribution in [0.1, 0.15) is 58.3 Å². The number of hydrogen-bond donors (Lipinski definition) is 1. The zero-order valence-corrected chi connectivity index (χ0v) is 10.5. The Morgan fingerprint density at radius 2 is 2.12 bits per heavy atom. The fraction of sp³-hybridized carbons (Fsp3) is 1.00. The Balaban J connectivity index is 1.67. The van der Waals surface area contributed by atoms with Crippen molar-refractivity contribution >= 4 is 0 Å². The molecule has 4 unspecified atom stereocenters. The van der Waals surface area contributed by atoms with E-state index in [1.54, 1.807) is 0 Å². The van der Waals surface area contributed by atoms with E-state index in [1.165, 1.54) is 38.5 Å². The van der Waals surface area contributed by atoms with Crippen LogP contribution < -0.4 is 0 Å². The van der Waals surface area contributed by atoms with Crippen LogP contribution in [0.4, 0.5) is 0 Å². The zero-order valence-electron chi connectivity index (χ0n) is 10.5. The number of aliphatic hydroxyl groups is 1. The summed E-state index contributed by atoms with van der Waals surface area (Å²) in [7, 11) is 0. The lowest BCUT2D eigenvalue weighted by Crippen LogP contribution is -2.26. The molecule has 16 heavy (non-hydrogen) atoms. The van der Waals surface area contributed by atoms with E-state index in [2.05, 4.69) is 6.92 Å². The average Bonchev–Trinajstić information content (AvgIpc) is 2.78. The van der Waals surface area contributed by atoms with Gasteiger partial charge in [-0.25, -0.2) is 0 Å². The van der Waals surface area contributed by atoms with Gasteiger partial charge in [0.1, 0.15) is 0 Å². The first-order valence-corrected chi connectivity index (χ1v) is 7.05. The number of aliphatic hydroxyl groups excluding tert-OH is 1. The van der Waals surface area contributed by atoms with E-state index in [-0.39, 0.29) is 6.10 Å². The van der Waals surface area contributed by atoms with E-state index in [4.69, 9.17) is 4.74 Å². The summed E-state index contributed by atoms with van der Waals surface area (Å²) >= 11 is 0. The molecule has 2 heteroatoms. The Morgan fingerprint density at radius 3 is 2.81 bits per heavy atom. The summed E-state index contributed by atoms with van der Waals surface area (Å²) in [6.07, 6.45) is 9.91. The molecule has 1 saturated carbocycles. The second-order valence-corrected chi connectivity index (χ2v) is 5.81. The summed E-state index contributed by atoms with van der Waals surface area (Å²) in [5.74, 6) is 1.38. The maximum Gasteiger partial charge on any atom is 0.0577 e. The van der Waals surface area contributed by atoms with Gasteiger partial charge in [-0.2, -0.15) is 0 Å². The van der Waals surface area contributed by atoms with Crippen molar-refractivity contribution in [2.45, 2.75) is 70.5 Å². The maximum atomic E-state index is 10.2. The summed E-state index contributed by atoms with van der Waals surface area (Å²) < 4.78 is 5.60. The van der Waals surface area contributed by atoms with Gasteiger partial charge in [-0.1, -0.05) is 19.8 Å². The summed E-state index contributed by atoms with van der Waals surface area (Å²) in [4.78, 5) is 0. The second-order valence-electron chi connectivity index (χ2n) is 5.81. The van der Waals surface area contributed by atoms with Crippen LogP contribution in [0.5, 0.6) is 0 Å². The van der Waals surface area contributed by atoms with Crippen molar-refractivity contribution in [2.24, 2.45) is 11.8 Å². The van der Waals surface area contributed by atoms with E-state index in [9.17, 15) is 5.11 Å². The summed E-state index contributed by atoms with van der Waals surface area (Å²) in [5.41, 5.74) is 0. The highest BCUT2D eigenvalue weighted by molar-refractivity contribution is 4.77. The van der Waals surface area contributed by atoms with E-state index in [1.807, 2.05) is 0 Å². The van der Waals surface area contributed by atoms with Gasteiger partial charge in [0.25, 0.3) is 0 Å². The van der Waals surface area contributed by atoms with Gasteiger partial charge in [-0.05, 0) is 50.4 Å². The Labute approximate surface area is 99.4 Å². The molecule has 0 aromatic carbocycles. The second kappa shape index (κ2) is 6.02. The van der Waals surface area contributed by atoms with Crippen molar-refractivity contribution in [2.75, 3.05) is 6.61 Å². The quantitative estimate of drug-likeness (QED) is 0.798. The van der Waals surface area contributed by atoms with Gasteiger partial charge in [0, 0.05) is 6.61 Å². The lowest BCUT2D eigenvalue weighted by molar-refractivity contribution is 0.0405. The first-order valence-electron chi connectivity index (χ1n) is 7.05. The number of ether oxygens (including phenoxy) is 1. The molecule has 1 aliphatic carbocycles. The molecular weight excluding hydrogens is 200 g/mol. The lowest BCUT2D eigenvalue weighted by atomic mass is 9.78. The largest absolute Gasteiger partial charge is 0.393 e. The van der Waals surface area contributed by atoms with Crippen LogP contribution in [0, 0.1) is 11.8 Å². The molecule has 94 valence electrons. The monoisotopic (exact) mass is 226 g/mol. The van der Waals surface area contributed by atoms with E-state index < -0.39 is 0 Å². The van der Waals surface area contributed by atoms with Crippen LogP contribution in [0.25, 0.3) is 0 Å².